The third-order valence-corrected chi connectivity index (χ3v) is 3.52. The average molecular weight is 339 g/mol. The zero-order chi connectivity index (χ0) is 19.0. The summed E-state index contributed by atoms with van der Waals surface area (Å²) in [5.41, 5.74) is 4.40. The highest BCUT2D eigenvalue weighted by molar-refractivity contribution is 5.75. The van der Waals surface area contributed by atoms with Crippen molar-refractivity contribution in [3.63, 3.8) is 0 Å². The van der Waals surface area contributed by atoms with Crippen LogP contribution in [0.25, 0.3) is 0 Å². The Hall–Kier alpha value is -1.50. The largest absolute Gasteiger partial charge is 0.0683 e. The lowest BCUT2D eigenvalue weighted by Gasteiger charge is -2.09. The molecule has 0 N–H and O–H groups in total. The molecule has 0 atom stereocenters. The molecule has 0 unspecified atom stereocenters. The molecule has 0 amide bonds. The molecule has 0 aliphatic carbocycles. The van der Waals surface area contributed by atoms with Crippen molar-refractivity contribution < 1.29 is 0 Å². The van der Waals surface area contributed by atoms with Gasteiger partial charge in [-0.15, -0.1) is 0 Å². The Labute approximate surface area is 160 Å². The van der Waals surface area contributed by atoms with E-state index in [1.165, 1.54) is 16.7 Å². The molecule has 0 heterocycles. The van der Waals surface area contributed by atoms with Crippen molar-refractivity contribution in [2.45, 2.75) is 80.6 Å². The molecule has 1 heteroatoms. The Balaban J connectivity index is -0.000000316. The van der Waals surface area contributed by atoms with E-state index in [0.717, 1.165) is 6.42 Å². The van der Waals surface area contributed by atoms with Crippen LogP contribution in [0.5, 0.6) is 0 Å². The molecule has 139 valence electrons. The number of hydrogen-bond donors (Lipinski definition) is 0. The second kappa shape index (κ2) is 18.8. The Morgan fingerprint density at radius 3 is 1.40 bits per heavy atom. The Bertz CT molecular complexity index is 486. The van der Waals surface area contributed by atoms with E-state index in [1.807, 2.05) is 33.8 Å². The molecular formula is C24H40B. The first-order valence-corrected chi connectivity index (χ1v) is 9.69. The van der Waals surface area contributed by atoms with Crippen molar-refractivity contribution in [3.8, 4) is 0 Å². The molecule has 0 aromatic heterocycles. The molecule has 0 aliphatic heterocycles. The average Bonchev–Trinajstić information content (AvgIpc) is 2.66. The van der Waals surface area contributed by atoms with Gasteiger partial charge in [0.2, 0.25) is 0 Å². The minimum atomic E-state index is 0. The summed E-state index contributed by atoms with van der Waals surface area (Å²) in [5, 5.41) is 0. The van der Waals surface area contributed by atoms with E-state index in [0.29, 0.717) is 11.8 Å². The summed E-state index contributed by atoms with van der Waals surface area (Å²) in [6, 6.07) is 19.2. The van der Waals surface area contributed by atoms with Gasteiger partial charge in [0.1, 0.15) is 0 Å². The number of benzene rings is 2. The topological polar surface area (TPSA) is 0 Å². The third-order valence-electron chi connectivity index (χ3n) is 3.52. The van der Waals surface area contributed by atoms with Crippen molar-refractivity contribution in [1.82, 2.24) is 0 Å². The molecule has 0 fully saturated rings. The summed E-state index contributed by atoms with van der Waals surface area (Å²) in [4.78, 5) is 0. The molecule has 0 bridgehead atoms. The Morgan fingerprint density at radius 2 is 1.08 bits per heavy atom. The van der Waals surface area contributed by atoms with E-state index in [4.69, 9.17) is 0 Å². The van der Waals surface area contributed by atoms with Crippen LogP contribution in [0, 0.1) is 0 Å². The van der Waals surface area contributed by atoms with E-state index < -0.39 is 0 Å². The third kappa shape index (κ3) is 12.5. The van der Waals surface area contributed by atoms with Crippen LogP contribution in [0.1, 0.15) is 90.8 Å². The maximum atomic E-state index is 2.24. The zero-order valence-corrected chi connectivity index (χ0v) is 18.1. The van der Waals surface area contributed by atoms with Crippen LogP contribution in [0.15, 0.2) is 54.6 Å². The van der Waals surface area contributed by atoms with Gasteiger partial charge in [-0.1, -0.05) is 117 Å². The van der Waals surface area contributed by atoms with Crippen LogP contribution in [0.2, 0.25) is 0 Å². The predicted molar refractivity (Wildman–Crippen MR) is 119 cm³/mol. The summed E-state index contributed by atoms with van der Waals surface area (Å²) in [6.45, 7) is 19.1. The summed E-state index contributed by atoms with van der Waals surface area (Å²) in [7, 11) is 0. The first-order valence-electron chi connectivity index (χ1n) is 9.69. The fraction of sp³-hybridized carbons (Fsp3) is 0.500. The molecule has 2 rings (SSSR count). The van der Waals surface area contributed by atoms with Gasteiger partial charge in [-0.2, -0.15) is 0 Å². The SMILES string of the molecule is CC.CC.CC(C)c1ccccc1.CCc1ccccc1C(C)C.[B]. The molecule has 25 heavy (non-hydrogen) atoms. The smallest absolute Gasteiger partial charge is 0 e. The second-order valence-corrected chi connectivity index (χ2v) is 5.77. The van der Waals surface area contributed by atoms with E-state index in [2.05, 4.69) is 83.1 Å². The van der Waals surface area contributed by atoms with Gasteiger partial charge in [-0.25, -0.2) is 0 Å². The van der Waals surface area contributed by atoms with Crippen LogP contribution in [0.3, 0.4) is 0 Å². The molecule has 0 saturated heterocycles. The Morgan fingerprint density at radius 1 is 0.640 bits per heavy atom. The van der Waals surface area contributed by atoms with Crippen LogP contribution < -0.4 is 0 Å². The van der Waals surface area contributed by atoms with E-state index >= 15 is 0 Å². The van der Waals surface area contributed by atoms with Crippen LogP contribution in [0.4, 0.5) is 0 Å². The first kappa shape index (κ1) is 28.3. The van der Waals surface area contributed by atoms with E-state index in [-0.39, 0.29) is 8.41 Å². The lowest BCUT2D eigenvalue weighted by Crippen LogP contribution is -1.93. The van der Waals surface area contributed by atoms with Gasteiger partial charge >= 0.3 is 0 Å². The summed E-state index contributed by atoms with van der Waals surface area (Å²) in [5.74, 6) is 1.32. The van der Waals surface area contributed by atoms with Crippen molar-refractivity contribution in [2.24, 2.45) is 0 Å². The molecule has 0 spiro atoms. The molecular weight excluding hydrogens is 299 g/mol. The maximum absolute atomic E-state index is 2.24. The quantitative estimate of drug-likeness (QED) is 0.499. The van der Waals surface area contributed by atoms with Gasteiger partial charge in [0.05, 0.1) is 0 Å². The van der Waals surface area contributed by atoms with Gasteiger partial charge in [0.25, 0.3) is 0 Å². The lowest BCUT2D eigenvalue weighted by atomic mass is 9.96. The standard InChI is InChI=1S/C11H16.C9H12.2C2H6.B/c1-4-10-7-5-6-8-11(10)9(2)3;1-8(2)9-6-4-3-5-7-9;2*1-2;/h5-9H,4H2,1-3H3;3-8H,1-2H3;2*1-2H3;. The minimum Gasteiger partial charge on any atom is -0.0683 e. The van der Waals surface area contributed by atoms with Gasteiger partial charge in [0.15, 0.2) is 0 Å². The molecule has 2 aromatic carbocycles. The van der Waals surface area contributed by atoms with Crippen molar-refractivity contribution in [1.29, 1.82) is 0 Å². The van der Waals surface area contributed by atoms with Gasteiger partial charge in [-0.05, 0) is 34.9 Å². The van der Waals surface area contributed by atoms with Crippen LogP contribution in [-0.4, -0.2) is 8.41 Å². The minimum absolute atomic E-state index is 0. The van der Waals surface area contributed by atoms with Crippen molar-refractivity contribution >= 4 is 8.41 Å². The Kier molecular flexibility index (Phi) is 21.3. The summed E-state index contributed by atoms with van der Waals surface area (Å²) < 4.78 is 0. The van der Waals surface area contributed by atoms with Crippen molar-refractivity contribution in [2.75, 3.05) is 0 Å². The number of rotatable bonds is 3. The van der Waals surface area contributed by atoms with E-state index in [1.54, 1.807) is 0 Å². The normalized spacial score (nSPS) is 8.76. The second-order valence-electron chi connectivity index (χ2n) is 5.77. The summed E-state index contributed by atoms with van der Waals surface area (Å²) >= 11 is 0. The van der Waals surface area contributed by atoms with Crippen LogP contribution in [-0.2, 0) is 6.42 Å². The highest BCUT2D eigenvalue weighted by Gasteiger charge is 2.02. The molecule has 2 aromatic rings. The number of hydrogen-bond acceptors (Lipinski definition) is 0. The summed E-state index contributed by atoms with van der Waals surface area (Å²) in [6.07, 6.45) is 1.15. The van der Waals surface area contributed by atoms with E-state index in [9.17, 15) is 0 Å². The highest BCUT2D eigenvalue weighted by Crippen LogP contribution is 2.19. The monoisotopic (exact) mass is 339 g/mol. The highest BCUT2D eigenvalue weighted by atomic mass is 14.1. The molecule has 3 radical (unpaired) electrons. The van der Waals surface area contributed by atoms with Crippen LogP contribution >= 0.6 is 0 Å². The lowest BCUT2D eigenvalue weighted by molar-refractivity contribution is 0.844. The number of aryl methyl sites for hydroxylation is 1. The fourth-order valence-electron chi connectivity index (χ4n) is 2.26. The molecule has 0 nitrogen and oxygen atoms in total. The van der Waals surface area contributed by atoms with Gasteiger partial charge < -0.3 is 0 Å². The van der Waals surface area contributed by atoms with Gasteiger partial charge in [0, 0.05) is 8.41 Å². The zero-order valence-electron chi connectivity index (χ0n) is 18.1. The predicted octanol–water partition coefficient (Wildman–Crippen LogP) is 7.85. The van der Waals surface area contributed by atoms with Crippen molar-refractivity contribution in [3.05, 3.63) is 71.3 Å². The molecule has 0 saturated carbocycles. The fourth-order valence-corrected chi connectivity index (χ4v) is 2.26. The maximum Gasteiger partial charge on any atom is 0 e. The van der Waals surface area contributed by atoms with Gasteiger partial charge in [-0.3, -0.25) is 0 Å². The first-order chi connectivity index (χ1) is 11.6. The molecule has 0 aliphatic rings.